The average Bonchev–Trinajstić information content (AvgIpc) is 3.43. The number of carbonyl (C=O) groups excluding carboxylic acids is 3. The predicted octanol–water partition coefficient (Wildman–Crippen LogP) is 22.4. The maximum absolute atomic E-state index is 12.9. The van der Waals surface area contributed by atoms with E-state index in [4.69, 9.17) is 14.2 Å². The van der Waals surface area contributed by atoms with E-state index in [1.807, 2.05) is 0 Å². The van der Waals surface area contributed by atoms with Gasteiger partial charge in [0.15, 0.2) is 6.10 Å². The molecule has 6 nitrogen and oxygen atoms in total. The molecule has 0 fully saturated rings. The van der Waals surface area contributed by atoms with Crippen molar-refractivity contribution in [3.63, 3.8) is 0 Å². The highest BCUT2D eigenvalue weighted by Gasteiger charge is 2.19. The van der Waals surface area contributed by atoms with Gasteiger partial charge < -0.3 is 14.2 Å². The molecule has 0 spiro atoms. The molecule has 1 atom stereocenters. The summed E-state index contributed by atoms with van der Waals surface area (Å²) in [5.74, 6) is -0.889. The molecule has 0 amide bonds. The Morgan fingerprint density at radius 3 is 0.805 bits per heavy atom. The zero-order valence-electron chi connectivity index (χ0n) is 50.7. The Labute approximate surface area is 477 Å². The van der Waals surface area contributed by atoms with Crippen molar-refractivity contribution in [2.45, 2.75) is 322 Å². The molecule has 0 aliphatic carbocycles. The van der Waals surface area contributed by atoms with Crippen LogP contribution in [-0.4, -0.2) is 37.2 Å². The summed E-state index contributed by atoms with van der Waals surface area (Å²) in [5, 5.41) is 0. The van der Waals surface area contributed by atoms with Crippen molar-refractivity contribution in [2.75, 3.05) is 13.2 Å². The van der Waals surface area contributed by atoms with E-state index in [9.17, 15) is 14.4 Å². The van der Waals surface area contributed by atoms with Crippen LogP contribution in [0.5, 0.6) is 0 Å². The summed E-state index contributed by atoms with van der Waals surface area (Å²) in [7, 11) is 0. The van der Waals surface area contributed by atoms with Gasteiger partial charge in [0, 0.05) is 19.3 Å². The molecular weight excluding hydrogens is 949 g/mol. The molecule has 442 valence electrons. The van der Waals surface area contributed by atoms with Crippen LogP contribution in [0, 0.1) is 0 Å². The van der Waals surface area contributed by atoms with E-state index in [1.54, 1.807) is 0 Å². The molecule has 0 aromatic heterocycles. The standard InChI is InChI=1S/C71H122O6/c1-4-7-10-13-16-19-22-25-28-30-31-32-33-34-35-36-37-38-39-40-41-42-44-46-49-52-55-58-61-64-70(73)76-67-68(66-75-69(72)63-60-57-54-51-48-45-27-24-21-18-15-12-9-6-3)77-71(74)65-62-59-56-53-50-47-43-29-26-23-20-17-14-11-8-5-2/h7,10,16,19,25,28-29,31-32,34-35,37-38,40-41,43,68H,4-6,8-9,11-15,17-18,20-24,26-27,30,33,36,39,42,44-67H2,1-3H3/b10-7-,19-16-,28-25-,32-31-,35-34-,38-37-,41-40-,43-29-. The van der Waals surface area contributed by atoms with E-state index in [0.29, 0.717) is 19.3 Å². The quantitative estimate of drug-likeness (QED) is 0.0261. The van der Waals surface area contributed by atoms with Crippen LogP contribution in [0.15, 0.2) is 97.2 Å². The smallest absolute Gasteiger partial charge is 0.306 e. The summed E-state index contributed by atoms with van der Waals surface area (Å²) in [6.45, 7) is 6.54. The third-order valence-electron chi connectivity index (χ3n) is 14.1. The lowest BCUT2D eigenvalue weighted by Gasteiger charge is -2.18. The molecule has 0 aliphatic heterocycles. The second-order valence-corrected chi connectivity index (χ2v) is 21.6. The molecule has 0 saturated carbocycles. The molecule has 0 aromatic rings. The van der Waals surface area contributed by atoms with Gasteiger partial charge in [-0.3, -0.25) is 14.4 Å². The fraction of sp³-hybridized carbons (Fsp3) is 0.732. The van der Waals surface area contributed by atoms with Gasteiger partial charge >= 0.3 is 17.9 Å². The van der Waals surface area contributed by atoms with Crippen molar-refractivity contribution in [1.82, 2.24) is 0 Å². The highest BCUT2D eigenvalue weighted by Crippen LogP contribution is 2.16. The first-order valence-electron chi connectivity index (χ1n) is 32.7. The minimum absolute atomic E-state index is 0.0811. The lowest BCUT2D eigenvalue weighted by molar-refractivity contribution is -0.167. The number of hydrogen-bond acceptors (Lipinski definition) is 6. The summed E-state index contributed by atoms with van der Waals surface area (Å²) in [4.78, 5) is 38.3. The Kier molecular flexibility index (Phi) is 61.8. The van der Waals surface area contributed by atoms with E-state index >= 15 is 0 Å². The monoisotopic (exact) mass is 1070 g/mol. The zero-order valence-corrected chi connectivity index (χ0v) is 50.7. The average molecular weight is 1070 g/mol. The molecule has 6 heteroatoms. The molecule has 0 aliphatic rings. The molecular formula is C71H122O6. The number of allylic oxidation sites excluding steroid dienone is 16. The van der Waals surface area contributed by atoms with Crippen LogP contribution < -0.4 is 0 Å². The molecule has 0 bridgehead atoms. The molecule has 1 unspecified atom stereocenters. The highest BCUT2D eigenvalue weighted by molar-refractivity contribution is 5.71. The van der Waals surface area contributed by atoms with Crippen LogP contribution in [0.3, 0.4) is 0 Å². The Morgan fingerprint density at radius 2 is 0.506 bits per heavy atom. The third kappa shape index (κ3) is 63.0. The van der Waals surface area contributed by atoms with Crippen molar-refractivity contribution in [2.24, 2.45) is 0 Å². The molecule has 77 heavy (non-hydrogen) atoms. The molecule has 0 rings (SSSR count). The minimum atomic E-state index is -0.786. The fourth-order valence-corrected chi connectivity index (χ4v) is 9.18. The number of ether oxygens (including phenoxy) is 3. The van der Waals surface area contributed by atoms with Crippen LogP contribution in [-0.2, 0) is 28.6 Å². The number of unbranched alkanes of at least 4 members (excludes halogenated alkanes) is 32. The Hall–Kier alpha value is -3.67. The van der Waals surface area contributed by atoms with E-state index in [0.717, 1.165) is 122 Å². The fourth-order valence-electron chi connectivity index (χ4n) is 9.18. The normalized spacial score (nSPS) is 12.7. The molecule has 0 aromatic carbocycles. The Bertz CT molecular complexity index is 1510. The lowest BCUT2D eigenvalue weighted by atomic mass is 10.0. The number of esters is 3. The number of rotatable bonds is 59. The molecule has 0 heterocycles. The lowest BCUT2D eigenvalue weighted by Crippen LogP contribution is -2.30. The van der Waals surface area contributed by atoms with Crippen LogP contribution in [0.25, 0.3) is 0 Å². The first-order valence-corrected chi connectivity index (χ1v) is 32.7. The topological polar surface area (TPSA) is 78.9 Å². The van der Waals surface area contributed by atoms with Gasteiger partial charge in [-0.05, 0) is 103 Å². The van der Waals surface area contributed by atoms with Crippen LogP contribution >= 0.6 is 0 Å². The maximum atomic E-state index is 12.9. The predicted molar refractivity (Wildman–Crippen MR) is 334 cm³/mol. The Morgan fingerprint density at radius 1 is 0.273 bits per heavy atom. The first kappa shape index (κ1) is 73.3. The summed E-state index contributed by atoms with van der Waals surface area (Å²) in [5.41, 5.74) is 0. The van der Waals surface area contributed by atoms with Crippen LogP contribution in [0.1, 0.15) is 316 Å². The van der Waals surface area contributed by atoms with Crippen molar-refractivity contribution < 1.29 is 28.6 Å². The van der Waals surface area contributed by atoms with Gasteiger partial charge in [0.2, 0.25) is 0 Å². The van der Waals surface area contributed by atoms with E-state index < -0.39 is 6.10 Å². The van der Waals surface area contributed by atoms with Gasteiger partial charge in [0.25, 0.3) is 0 Å². The van der Waals surface area contributed by atoms with Crippen LogP contribution in [0.2, 0.25) is 0 Å². The van der Waals surface area contributed by atoms with Gasteiger partial charge in [-0.25, -0.2) is 0 Å². The number of carbonyl (C=O) groups is 3. The minimum Gasteiger partial charge on any atom is -0.462 e. The second kappa shape index (κ2) is 64.9. The summed E-state index contributed by atoms with van der Waals surface area (Å²) in [6.07, 6.45) is 87.0. The van der Waals surface area contributed by atoms with Gasteiger partial charge in [-0.1, -0.05) is 291 Å². The van der Waals surface area contributed by atoms with Crippen molar-refractivity contribution in [3.05, 3.63) is 97.2 Å². The summed E-state index contributed by atoms with van der Waals surface area (Å²) >= 11 is 0. The highest BCUT2D eigenvalue weighted by atomic mass is 16.6. The van der Waals surface area contributed by atoms with E-state index in [1.165, 1.54) is 154 Å². The molecule has 0 saturated heterocycles. The van der Waals surface area contributed by atoms with Gasteiger partial charge in [0.1, 0.15) is 13.2 Å². The summed E-state index contributed by atoms with van der Waals surface area (Å²) in [6, 6.07) is 0. The van der Waals surface area contributed by atoms with Crippen molar-refractivity contribution in [1.29, 1.82) is 0 Å². The summed E-state index contributed by atoms with van der Waals surface area (Å²) < 4.78 is 16.9. The second-order valence-electron chi connectivity index (χ2n) is 21.6. The molecule has 0 N–H and O–H groups in total. The van der Waals surface area contributed by atoms with E-state index in [2.05, 4.69) is 118 Å². The van der Waals surface area contributed by atoms with Gasteiger partial charge in [0.05, 0.1) is 0 Å². The third-order valence-corrected chi connectivity index (χ3v) is 14.1. The van der Waals surface area contributed by atoms with Gasteiger partial charge in [-0.15, -0.1) is 0 Å². The first-order chi connectivity index (χ1) is 38.0. The van der Waals surface area contributed by atoms with E-state index in [-0.39, 0.29) is 31.1 Å². The van der Waals surface area contributed by atoms with Gasteiger partial charge in [-0.2, -0.15) is 0 Å². The largest absolute Gasteiger partial charge is 0.462 e. The maximum Gasteiger partial charge on any atom is 0.306 e. The van der Waals surface area contributed by atoms with Crippen LogP contribution in [0.4, 0.5) is 0 Å². The number of hydrogen-bond donors (Lipinski definition) is 0. The van der Waals surface area contributed by atoms with Crippen molar-refractivity contribution in [3.8, 4) is 0 Å². The molecule has 0 radical (unpaired) electrons. The zero-order chi connectivity index (χ0) is 55.7. The Balaban J connectivity index is 4.33. The SMILES string of the molecule is CC/C=C\C/C=C\C/C=C\C/C=C\C/C=C\C/C=C\C/C=C\CCCCCCCCCC(=O)OCC(COC(=O)CCCCCCCCCCCCCCCC)OC(=O)CCCCCCC/C=C\CCCCCCCCC. The van der Waals surface area contributed by atoms with Crippen molar-refractivity contribution >= 4 is 17.9 Å².